The molecule has 0 aromatic heterocycles. The minimum atomic E-state index is -4.77. The second kappa shape index (κ2) is 25.7. The van der Waals surface area contributed by atoms with Gasteiger partial charge in [0.05, 0.1) is 0 Å². The number of benzene rings is 2. The van der Waals surface area contributed by atoms with Crippen LogP contribution in [0.25, 0.3) is 11.1 Å². The van der Waals surface area contributed by atoms with Crippen LogP contribution in [0.5, 0.6) is 5.75 Å². The fourth-order valence-electron chi connectivity index (χ4n) is 5.01. The van der Waals surface area contributed by atoms with Gasteiger partial charge in [-0.3, -0.25) is 0 Å². The minimum Gasteiger partial charge on any atom is -0.405 e. The van der Waals surface area contributed by atoms with Crippen molar-refractivity contribution in [2.75, 3.05) is 78.5 Å². The number of alkyl halides is 3. The smallest absolute Gasteiger partial charge is 0.405 e. The molecule has 0 fully saturated rings. The van der Waals surface area contributed by atoms with E-state index in [2.05, 4.69) is 54.8 Å². The molecule has 2 aromatic rings. The van der Waals surface area contributed by atoms with Crippen molar-refractivity contribution in [3.8, 4) is 16.9 Å². The average Bonchev–Trinajstić information content (AvgIpc) is 3.04. The molecular formula is C34H60F3N9O. The Morgan fingerprint density at radius 3 is 1.36 bits per heavy atom. The van der Waals surface area contributed by atoms with Crippen LogP contribution in [0.4, 0.5) is 13.2 Å². The SMILES string of the molecule is NCCCNCCCNCc1cc(CNCCCNCCCN)cc(-c2ccc(OC(F)(F)F)c(CNCCCNCCCN)c2)c1. The number of rotatable bonds is 29. The molecule has 10 nitrogen and oxygen atoms in total. The molecule has 0 aliphatic rings. The van der Waals surface area contributed by atoms with E-state index >= 15 is 0 Å². The van der Waals surface area contributed by atoms with Gasteiger partial charge in [-0.25, -0.2) is 0 Å². The summed E-state index contributed by atoms with van der Waals surface area (Å²) in [5.41, 5.74) is 21.1. The van der Waals surface area contributed by atoms with Gasteiger partial charge in [0.2, 0.25) is 0 Å². The van der Waals surface area contributed by atoms with Crippen LogP contribution in [0.2, 0.25) is 0 Å². The van der Waals surface area contributed by atoms with E-state index in [0.717, 1.165) is 113 Å². The predicted octanol–water partition coefficient (Wildman–Crippen LogP) is 2.51. The third-order valence-electron chi connectivity index (χ3n) is 7.44. The summed E-state index contributed by atoms with van der Waals surface area (Å²) in [5, 5.41) is 20.4. The summed E-state index contributed by atoms with van der Waals surface area (Å²) in [6.45, 7) is 11.4. The van der Waals surface area contributed by atoms with Crippen molar-refractivity contribution in [1.29, 1.82) is 0 Å². The van der Waals surface area contributed by atoms with E-state index in [1.54, 1.807) is 12.1 Å². The highest BCUT2D eigenvalue weighted by molar-refractivity contribution is 5.67. The number of ether oxygens (including phenoxy) is 1. The van der Waals surface area contributed by atoms with Crippen molar-refractivity contribution in [1.82, 2.24) is 31.9 Å². The van der Waals surface area contributed by atoms with E-state index in [1.165, 1.54) is 6.07 Å². The van der Waals surface area contributed by atoms with E-state index < -0.39 is 6.36 Å². The first-order valence-corrected chi connectivity index (χ1v) is 17.2. The molecule has 0 bridgehead atoms. The Morgan fingerprint density at radius 2 is 0.915 bits per heavy atom. The fraction of sp³-hybridized carbons (Fsp3) is 0.647. The second-order valence-corrected chi connectivity index (χ2v) is 11.7. The lowest BCUT2D eigenvalue weighted by molar-refractivity contribution is -0.274. The van der Waals surface area contributed by atoms with Crippen LogP contribution in [-0.4, -0.2) is 84.9 Å². The largest absolute Gasteiger partial charge is 0.573 e. The number of nitrogens with two attached hydrogens (primary N) is 3. The highest BCUT2D eigenvalue weighted by Crippen LogP contribution is 2.31. The Bertz CT molecular complexity index is 1040. The van der Waals surface area contributed by atoms with Crippen molar-refractivity contribution >= 4 is 0 Å². The number of hydrogen-bond donors (Lipinski definition) is 9. The standard InChI is InChI=1S/C34H60F3N9O/c35-34(36,37)47-33-8-7-30(24-32(33)27-46-20-6-17-43-14-3-11-40)31-22-28(25-44-18-4-15-41-12-1-9-38)21-29(23-31)26-45-19-5-16-42-13-2-10-39/h7-8,21-24,41-46H,1-6,9-20,25-27,38-40H2. The summed E-state index contributed by atoms with van der Waals surface area (Å²) < 4.78 is 44.2. The van der Waals surface area contributed by atoms with Gasteiger partial charge in [-0.15, -0.1) is 13.2 Å². The zero-order valence-corrected chi connectivity index (χ0v) is 28.1. The molecule has 0 saturated heterocycles. The Hall–Kier alpha value is -2.33. The zero-order valence-electron chi connectivity index (χ0n) is 28.1. The molecule has 0 amide bonds. The molecule has 2 aromatic carbocycles. The molecule has 12 N–H and O–H groups in total. The normalized spacial score (nSPS) is 11.8. The maximum atomic E-state index is 13.3. The predicted molar refractivity (Wildman–Crippen MR) is 187 cm³/mol. The Labute approximate surface area is 279 Å². The van der Waals surface area contributed by atoms with Gasteiger partial charge in [0.15, 0.2) is 0 Å². The zero-order chi connectivity index (χ0) is 34.0. The first-order valence-electron chi connectivity index (χ1n) is 17.2. The molecule has 13 heteroatoms. The van der Waals surface area contributed by atoms with Crippen molar-refractivity contribution in [2.45, 2.75) is 64.5 Å². The lowest BCUT2D eigenvalue weighted by atomic mass is 9.97. The van der Waals surface area contributed by atoms with Crippen LogP contribution in [0.1, 0.15) is 55.2 Å². The molecule has 0 aliphatic heterocycles. The van der Waals surface area contributed by atoms with Gasteiger partial charge in [0.1, 0.15) is 5.75 Å². The summed E-state index contributed by atoms with van der Waals surface area (Å²) in [6.07, 6.45) is 0.920. The van der Waals surface area contributed by atoms with Crippen LogP contribution in [-0.2, 0) is 19.6 Å². The van der Waals surface area contributed by atoms with Gasteiger partial charge in [-0.1, -0.05) is 12.1 Å². The number of halogens is 3. The first kappa shape index (κ1) is 40.8. The Balaban J connectivity index is 2.12. The van der Waals surface area contributed by atoms with Crippen molar-refractivity contribution in [3.63, 3.8) is 0 Å². The maximum absolute atomic E-state index is 13.3. The van der Waals surface area contributed by atoms with Gasteiger partial charge in [0, 0.05) is 25.2 Å². The maximum Gasteiger partial charge on any atom is 0.573 e. The summed E-state index contributed by atoms with van der Waals surface area (Å²) >= 11 is 0. The molecule has 2 rings (SSSR count). The monoisotopic (exact) mass is 667 g/mol. The van der Waals surface area contributed by atoms with Crippen molar-refractivity contribution in [2.24, 2.45) is 17.2 Å². The van der Waals surface area contributed by atoms with E-state index in [4.69, 9.17) is 17.2 Å². The van der Waals surface area contributed by atoms with Crippen LogP contribution in [0, 0.1) is 0 Å². The highest BCUT2D eigenvalue weighted by Gasteiger charge is 2.32. The summed E-state index contributed by atoms with van der Waals surface area (Å²) in [5.74, 6) is -0.185. The molecule has 0 atom stereocenters. The molecule has 0 heterocycles. The lowest BCUT2D eigenvalue weighted by Crippen LogP contribution is -2.24. The second-order valence-electron chi connectivity index (χ2n) is 11.7. The van der Waals surface area contributed by atoms with Gasteiger partial charge in [-0.05, 0) is 164 Å². The quantitative estimate of drug-likeness (QED) is 0.0591. The summed E-state index contributed by atoms with van der Waals surface area (Å²) in [7, 11) is 0. The summed E-state index contributed by atoms with van der Waals surface area (Å²) in [4.78, 5) is 0. The van der Waals surface area contributed by atoms with Gasteiger partial charge in [-0.2, -0.15) is 0 Å². The van der Waals surface area contributed by atoms with Crippen molar-refractivity contribution in [3.05, 3.63) is 53.1 Å². The Kier molecular flexibility index (Phi) is 22.3. The molecule has 0 spiro atoms. The molecule has 0 radical (unpaired) electrons. The van der Waals surface area contributed by atoms with E-state index in [1.807, 2.05) is 0 Å². The molecule has 0 aliphatic carbocycles. The van der Waals surface area contributed by atoms with Gasteiger partial charge in [0.25, 0.3) is 0 Å². The molecule has 47 heavy (non-hydrogen) atoms. The molecule has 0 saturated carbocycles. The van der Waals surface area contributed by atoms with Crippen LogP contribution in [0.3, 0.4) is 0 Å². The molecule has 0 unspecified atom stereocenters. The number of nitrogens with one attached hydrogen (secondary N) is 6. The number of hydrogen-bond acceptors (Lipinski definition) is 10. The molecular weight excluding hydrogens is 607 g/mol. The summed E-state index contributed by atoms with van der Waals surface area (Å²) in [6, 6.07) is 11.3. The van der Waals surface area contributed by atoms with Gasteiger partial charge < -0.3 is 53.8 Å². The van der Waals surface area contributed by atoms with Crippen LogP contribution < -0.4 is 53.8 Å². The van der Waals surface area contributed by atoms with E-state index in [0.29, 0.717) is 44.8 Å². The Morgan fingerprint density at radius 1 is 0.489 bits per heavy atom. The lowest BCUT2D eigenvalue weighted by Gasteiger charge is -2.17. The third-order valence-corrected chi connectivity index (χ3v) is 7.44. The van der Waals surface area contributed by atoms with Crippen LogP contribution >= 0.6 is 0 Å². The average molecular weight is 668 g/mol. The van der Waals surface area contributed by atoms with E-state index in [9.17, 15) is 13.2 Å². The first-order chi connectivity index (χ1) is 22.9. The highest BCUT2D eigenvalue weighted by atomic mass is 19.4. The topological polar surface area (TPSA) is 159 Å². The minimum absolute atomic E-state index is 0.185. The third kappa shape index (κ3) is 19.9. The van der Waals surface area contributed by atoms with E-state index in [-0.39, 0.29) is 12.3 Å². The van der Waals surface area contributed by atoms with Crippen LogP contribution in [0.15, 0.2) is 36.4 Å². The van der Waals surface area contributed by atoms with Gasteiger partial charge >= 0.3 is 6.36 Å². The molecule has 268 valence electrons. The van der Waals surface area contributed by atoms with Crippen molar-refractivity contribution < 1.29 is 17.9 Å². The fourth-order valence-corrected chi connectivity index (χ4v) is 5.01.